The molecule has 0 bridgehead atoms. The number of halogens is 1. The van der Waals surface area contributed by atoms with Crippen molar-refractivity contribution in [3.8, 4) is 11.5 Å². The monoisotopic (exact) mass is 489 g/mol. The molecule has 1 aromatic carbocycles. The molecule has 152 valence electrons. The Kier molecular flexibility index (Phi) is 8.95. The van der Waals surface area contributed by atoms with Crippen LogP contribution in [0.3, 0.4) is 0 Å². The van der Waals surface area contributed by atoms with Gasteiger partial charge >= 0.3 is 0 Å². The number of ether oxygens (including phenoxy) is 3. The van der Waals surface area contributed by atoms with E-state index in [9.17, 15) is 0 Å². The molecule has 1 heterocycles. The molecule has 7 heteroatoms. The van der Waals surface area contributed by atoms with Crippen LogP contribution in [0.15, 0.2) is 23.2 Å². The Morgan fingerprint density at radius 3 is 2.70 bits per heavy atom. The number of hydrogen-bond donors (Lipinski definition) is 2. The summed E-state index contributed by atoms with van der Waals surface area (Å²) in [5.74, 6) is 2.50. The second kappa shape index (κ2) is 10.9. The molecule has 2 N–H and O–H groups in total. The SMILES string of the molecule is CN=C(NCc1cccc2c1OCCCO2)NCC1(CCOC)CCC1.I. The minimum atomic E-state index is 0. The fourth-order valence-corrected chi connectivity index (χ4v) is 3.57. The van der Waals surface area contributed by atoms with Gasteiger partial charge in [0.25, 0.3) is 0 Å². The Morgan fingerprint density at radius 1 is 1.19 bits per heavy atom. The fourth-order valence-electron chi connectivity index (χ4n) is 3.57. The number of guanidine groups is 1. The predicted octanol–water partition coefficient (Wildman–Crippen LogP) is 3.34. The molecule has 0 saturated heterocycles. The Morgan fingerprint density at radius 2 is 2.00 bits per heavy atom. The molecule has 0 atom stereocenters. The van der Waals surface area contributed by atoms with Gasteiger partial charge in [0, 0.05) is 45.8 Å². The number of para-hydroxylation sites is 1. The number of nitrogens with one attached hydrogen (secondary N) is 2. The highest BCUT2D eigenvalue weighted by molar-refractivity contribution is 14.0. The average molecular weight is 489 g/mol. The van der Waals surface area contributed by atoms with E-state index in [1.807, 2.05) is 19.2 Å². The van der Waals surface area contributed by atoms with Crippen molar-refractivity contribution in [1.82, 2.24) is 10.6 Å². The highest BCUT2D eigenvalue weighted by atomic mass is 127. The average Bonchev–Trinajstić information content (AvgIpc) is 2.88. The Balaban J connectivity index is 0.00000261. The van der Waals surface area contributed by atoms with Crippen LogP contribution >= 0.6 is 24.0 Å². The van der Waals surface area contributed by atoms with Gasteiger partial charge in [-0.1, -0.05) is 18.6 Å². The number of fused-ring (bicyclic) bond motifs is 1. The summed E-state index contributed by atoms with van der Waals surface area (Å²) in [7, 11) is 3.58. The Hall–Kier alpha value is -1.22. The minimum Gasteiger partial charge on any atom is -0.490 e. The summed E-state index contributed by atoms with van der Waals surface area (Å²) >= 11 is 0. The van der Waals surface area contributed by atoms with Crippen LogP contribution in [0.1, 0.15) is 37.7 Å². The van der Waals surface area contributed by atoms with E-state index in [-0.39, 0.29) is 24.0 Å². The molecule has 6 nitrogen and oxygen atoms in total. The summed E-state index contributed by atoms with van der Waals surface area (Å²) in [4.78, 5) is 4.37. The second-order valence-electron chi connectivity index (χ2n) is 7.17. The first-order valence-electron chi connectivity index (χ1n) is 9.57. The van der Waals surface area contributed by atoms with Crippen molar-refractivity contribution >= 4 is 29.9 Å². The lowest BCUT2D eigenvalue weighted by Crippen LogP contribution is -2.46. The summed E-state index contributed by atoms with van der Waals surface area (Å²) < 4.78 is 16.9. The van der Waals surface area contributed by atoms with E-state index in [4.69, 9.17) is 14.2 Å². The van der Waals surface area contributed by atoms with Crippen molar-refractivity contribution in [2.75, 3.05) is 40.5 Å². The van der Waals surface area contributed by atoms with Crippen molar-refractivity contribution in [2.24, 2.45) is 10.4 Å². The van der Waals surface area contributed by atoms with E-state index in [0.29, 0.717) is 25.2 Å². The molecule has 0 amide bonds. The molecule has 1 saturated carbocycles. The molecule has 3 rings (SSSR count). The third kappa shape index (κ3) is 5.88. The molecule has 0 unspecified atom stereocenters. The third-order valence-corrected chi connectivity index (χ3v) is 5.40. The summed E-state index contributed by atoms with van der Waals surface area (Å²) in [6.45, 7) is 3.80. The van der Waals surface area contributed by atoms with E-state index < -0.39 is 0 Å². The molecule has 2 aliphatic rings. The number of hydrogen-bond acceptors (Lipinski definition) is 4. The fraction of sp³-hybridized carbons (Fsp3) is 0.650. The second-order valence-corrected chi connectivity index (χ2v) is 7.17. The van der Waals surface area contributed by atoms with E-state index in [2.05, 4.69) is 21.7 Å². The van der Waals surface area contributed by atoms with Crippen LogP contribution in [-0.4, -0.2) is 46.5 Å². The highest BCUT2D eigenvalue weighted by Crippen LogP contribution is 2.43. The van der Waals surface area contributed by atoms with E-state index in [1.54, 1.807) is 7.11 Å². The van der Waals surface area contributed by atoms with Gasteiger partial charge in [0.05, 0.1) is 13.2 Å². The molecule has 1 aromatic rings. The number of methoxy groups -OCH3 is 1. The summed E-state index contributed by atoms with van der Waals surface area (Å²) in [5, 5.41) is 6.90. The van der Waals surface area contributed by atoms with Crippen molar-refractivity contribution in [2.45, 2.75) is 38.6 Å². The molecule has 0 radical (unpaired) electrons. The van der Waals surface area contributed by atoms with E-state index in [0.717, 1.165) is 49.0 Å². The predicted molar refractivity (Wildman–Crippen MR) is 118 cm³/mol. The number of rotatable bonds is 7. The lowest BCUT2D eigenvalue weighted by molar-refractivity contribution is 0.0732. The van der Waals surface area contributed by atoms with E-state index in [1.165, 1.54) is 19.3 Å². The van der Waals surface area contributed by atoms with Crippen molar-refractivity contribution in [3.63, 3.8) is 0 Å². The maximum atomic E-state index is 5.89. The van der Waals surface area contributed by atoms with Gasteiger partial charge in [0.2, 0.25) is 0 Å². The lowest BCUT2D eigenvalue weighted by atomic mass is 9.67. The van der Waals surface area contributed by atoms with Crippen LogP contribution < -0.4 is 20.1 Å². The lowest BCUT2D eigenvalue weighted by Gasteiger charge is -2.42. The van der Waals surface area contributed by atoms with Gasteiger partial charge in [-0.25, -0.2) is 0 Å². The molecule has 0 aromatic heterocycles. The smallest absolute Gasteiger partial charge is 0.191 e. The maximum Gasteiger partial charge on any atom is 0.191 e. The van der Waals surface area contributed by atoms with Gasteiger partial charge in [-0.05, 0) is 30.7 Å². The standard InChI is InChI=1S/C20H31N3O3.HI/c1-21-19(23-15-20(8-4-9-20)10-13-24-2)22-14-16-6-3-7-17-18(16)26-12-5-11-25-17;/h3,6-7H,4-5,8-15H2,1-2H3,(H2,21,22,23);1H. The number of aliphatic imine (C=N–C) groups is 1. The first-order chi connectivity index (χ1) is 12.8. The normalized spacial score (nSPS) is 17.9. The summed E-state index contributed by atoms with van der Waals surface area (Å²) in [5.41, 5.74) is 1.44. The first-order valence-corrected chi connectivity index (χ1v) is 9.57. The van der Waals surface area contributed by atoms with Crippen molar-refractivity contribution < 1.29 is 14.2 Å². The van der Waals surface area contributed by atoms with Crippen LogP contribution in [-0.2, 0) is 11.3 Å². The van der Waals surface area contributed by atoms with Crippen LogP contribution in [0.25, 0.3) is 0 Å². The maximum absolute atomic E-state index is 5.89. The molecule has 27 heavy (non-hydrogen) atoms. The van der Waals surface area contributed by atoms with Gasteiger partial charge in [0.1, 0.15) is 0 Å². The molecule has 1 fully saturated rings. The van der Waals surface area contributed by atoms with E-state index >= 15 is 0 Å². The van der Waals surface area contributed by atoms with Crippen LogP contribution in [0.2, 0.25) is 0 Å². The van der Waals surface area contributed by atoms with Crippen LogP contribution in [0, 0.1) is 5.41 Å². The number of nitrogens with zero attached hydrogens (tertiary/aromatic N) is 1. The molecule has 0 spiro atoms. The highest BCUT2D eigenvalue weighted by Gasteiger charge is 2.36. The van der Waals surface area contributed by atoms with Crippen LogP contribution in [0.4, 0.5) is 0 Å². The molecule has 1 aliphatic heterocycles. The quantitative estimate of drug-likeness (QED) is 0.350. The van der Waals surface area contributed by atoms with Crippen LogP contribution in [0.5, 0.6) is 11.5 Å². The summed E-state index contributed by atoms with van der Waals surface area (Å²) in [6, 6.07) is 6.04. The van der Waals surface area contributed by atoms with Crippen molar-refractivity contribution in [3.05, 3.63) is 23.8 Å². The Labute approximate surface area is 179 Å². The van der Waals surface area contributed by atoms with Crippen molar-refractivity contribution in [1.29, 1.82) is 0 Å². The van der Waals surface area contributed by atoms with Gasteiger partial charge in [-0.3, -0.25) is 4.99 Å². The van der Waals surface area contributed by atoms with Gasteiger partial charge < -0.3 is 24.8 Å². The minimum absolute atomic E-state index is 0. The zero-order valence-electron chi connectivity index (χ0n) is 16.4. The first kappa shape index (κ1) is 22.1. The zero-order valence-corrected chi connectivity index (χ0v) is 18.7. The summed E-state index contributed by atoms with van der Waals surface area (Å²) in [6.07, 6.45) is 5.85. The largest absolute Gasteiger partial charge is 0.490 e. The third-order valence-electron chi connectivity index (χ3n) is 5.40. The molecular weight excluding hydrogens is 457 g/mol. The molecular formula is C20H32IN3O3. The topological polar surface area (TPSA) is 64.1 Å². The van der Waals surface area contributed by atoms with Gasteiger partial charge in [-0.15, -0.1) is 24.0 Å². The zero-order chi connectivity index (χ0) is 18.2. The Bertz CT molecular complexity index is 620. The number of benzene rings is 1. The van der Waals surface area contributed by atoms with Gasteiger partial charge in [-0.2, -0.15) is 0 Å². The van der Waals surface area contributed by atoms with Gasteiger partial charge in [0.15, 0.2) is 17.5 Å². The molecule has 1 aliphatic carbocycles.